The minimum atomic E-state index is -4.65. The van der Waals surface area contributed by atoms with Crippen molar-refractivity contribution < 1.29 is 17.9 Å². The number of hydrogen-bond acceptors (Lipinski definition) is 2. The van der Waals surface area contributed by atoms with E-state index < -0.39 is 6.36 Å². The highest BCUT2D eigenvalue weighted by molar-refractivity contribution is 5.29. The Morgan fingerprint density at radius 2 is 1.76 bits per heavy atom. The van der Waals surface area contributed by atoms with Crippen molar-refractivity contribution in [2.75, 3.05) is 6.54 Å². The molecule has 0 aromatic heterocycles. The van der Waals surface area contributed by atoms with E-state index in [-0.39, 0.29) is 5.75 Å². The molecular weight excluding hydrogens is 327 g/mol. The third kappa shape index (κ3) is 5.49. The van der Waals surface area contributed by atoms with Crippen LogP contribution < -0.4 is 10.1 Å². The van der Waals surface area contributed by atoms with E-state index in [9.17, 15) is 13.2 Å². The molecule has 5 heteroatoms. The summed E-state index contributed by atoms with van der Waals surface area (Å²) >= 11 is 0. The Hall–Kier alpha value is -2.01. The molecule has 0 spiro atoms. The zero-order chi connectivity index (χ0) is 17.7. The SMILES string of the molecule is FC(F)(F)Oc1cccc(CCNCc2ccc(C3CCC3)cc2)c1. The molecule has 1 saturated carbocycles. The van der Waals surface area contributed by atoms with Crippen LogP contribution in [-0.2, 0) is 13.0 Å². The van der Waals surface area contributed by atoms with E-state index in [1.807, 2.05) is 0 Å². The first kappa shape index (κ1) is 17.8. The second-order valence-electron chi connectivity index (χ2n) is 6.49. The van der Waals surface area contributed by atoms with Gasteiger partial charge in [-0.05, 0) is 60.5 Å². The molecule has 0 aliphatic heterocycles. The van der Waals surface area contributed by atoms with Crippen LogP contribution in [0.15, 0.2) is 48.5 Å². The molecule has 2 aromatic rings. The van der Waals surface area contributed by atoms with E-state index in [4.69, 9.17) is 0 Å². The average Bonchev–Trinajstić information content (AvgIpc) is 2.50. The molecule has 25 heavy (non-hydrogen) atoms. The molecule has 3 rings (SSSR count). The maximum absolute atomic E-state index is 12.2. The fourth-order valence-corrected chi connectivity index (χ4v) is 3.01. The van der Waals surface area contributed by atoms with Crippen molar-refractivity contribution in [1.29, 1.82) is 0 Å². The van der Waals surface area contributed by atoms with E-state index >= 15 is 0 Å². The van der Waals surface area contributed by atoms with Gasteiger partial charge in [0, 0.05) is 6.54 Å². The molecule has 1 aliphatic rings. The summed E-state index contributed by atoms with van der Waals surface area (Å²) in [6.45, 7) is 1.45. The van der Waals surface area contributed by atoms with Gasteiger partial charge in [-0.3, -0.25) is 0 Å². The lowest BCUT2D eigenvalue weighted by Crippen LogP contribution is -2.18. The number of nitrogens with one attached hydrogen (secondary N) is 1. The fourth-order valence-electron chi connectivity index (χ4n) is 3.01. The lowest BCUT2D eigenvalue weighted by molar-refractivity contribution is -0.274. The molecule has 0 heterocycles. The molecule has 1 N–H and O–H groups in total. The molecule has 0 atom stereocenters. The minimum absolute atomic E-state index is 0.170. The molecule has 134 valence electrons. The van der Waals surface area contributed by atoms with Gasteiger partial charge in [-0.1, -0.05) is 42.8 Å². The van der Waals surface area contributed by atoms with Gasteiger partial charge in [-0.2, -0.15) is 0 Å². The van der Waals surface area contributed by atoms with Crippen LogP contribution in [0.2, 0.25) is 0 Å². The largest absolute Gasteiger partial charge is 0.573 e. The van der Waals surface area contributed by atoms with Crippen LogP contribution in [0.25, 0.3) is 0 Å². The molecule has 0 unspecified atom stereocenters. The van der Waals surface area contributed by atoms with Crippen LogP contribution in [0, 0.1) is 0 Å². The molecule has 0 bridgehead atoms. The Morgan fingerprint density at radius 3 is 2.40 bits per heavy atom. The van der Waals surface area contributed by atoms with Crippen LogP contribution in [-0.4, -0.2) is 12.9 Å². The van der Waals surface area contributed by atoms with Crippen molar-refractivity contribution in [3.63, 3.8) is 0 Å². The lowest BCUT2D eigenvalue weighted by atomic mass is 9.80. The normalized spacial score (nSPS) is 15.0. The Labute approximate surface area is 146 Å². The molecule has 0 saturated heterocycles. The van der Waals surface area contributed by atoms with Crippen molar-refractivity contribution >= 4 is 0 Å². The number of halogens is 3. The quantitative estimate of drug-likeness (QED) is 0.695. The van der Waals surface area contributed by atoms with Crippen molar-refractivity contribution in [3.05, 3.63) is 65.2 Å². The van der Waals surface area contributed by atoms with Gasteiger partial charge in [0.1, 0.15) is 5.75 Å². The third-order valence-electron chi connectivity index (χ3n) is 4.61. The highest BCUT2D eigenvalue weighted by Crippen LogP contribution is 2.36. The van der Waals surface area contributed by atoms with Crippen LogP contribution >= 0.6 is 0 Å². The van der Waals surface area contributed by atoms with Crippen LogP contribution in [0.1, 0.15) is 41.9 Å². The topological polar surface area (TPSA) is 21.3 Å². The predicted molar refractivity (Wildman–Crippen MR) is 91.6 cm³/mol. The number of alkyl halides is 3. The van der Waals surface area contributed by atoms with Crippen molar-refractivity contribution in [3.8, 4) is 5.75 Å². The third-order valence-corrected chi connectivity index (χ3v) is 4.61. The Balaban J connectivity index is 1.43. The van der Waals surface area contributed by atoms with Gasteiger partial charge < -0.3 is 10.1 Å². The monoisotopic (exact) mass is 349 g/mol. The van der Waals surface area contributed by atoms with Gasteiger partial charge in [-0.15, -0.1) is 13.2 Å². The van der Waals surface area contributed by atoms with Crippen LogP contribution in [0.4, 0.5) is 13.2 Å². The van der Waals surface area contributed by atoms with E-state index in [0.29, 0.717) is 13.0 Å². The smallest absolute Gasteiger partial charge is 0.406 e. The van der Waals surface area contributed by atoms with E-state index in [1.54, 1.807) is 12.1 Å². The second-order valence-corrected chi connectivity index (χ2v) is 6.49. The molecule has 0 amide bonds. The van der Waals surface area contributed by atoms with E-state index in [2.05, 4.69) is 34.3 Å². The molecule has 0 radical (unpaired) electrons. The molecule has 1 fully saturated rings. The van der Waals surface area contributed by atoms with Gasteiger partial charge in [0.15, 0.2) is 0 Å². The Bertz CT molecular complexity index is 678. The maximum Gasteiger partial charge on any atom is 0.573 e. The van der Waals surface area contributed by atoms with Crippen molar-refractivity contribution in [1.82, 2.24) is 5.32 Å². The van der Waals surface area contributed by atoms with Crippen LogP contribution in [0.3, 0.4) is 0 Å². The highest BCUT2D eigenvalue weighted by Gasteiger charge is 2.31. The van der Waals surface area contributed by atoms with E-state index in [0.717, 1.165) is 18.0 Å². The predicted octanol–water partition coefficient (Wildman–Crippen LogP) is 5.19. The summed E-state index contributed by atoms with van der Waals surface area (Å²) in [7, 11) is 0. The zero-order valence-corrected chi connectivity index (χ0v) is 14.0. The number of benzene rings is 2. The van der Waals surface area contributed by atoms with Gasteiger partial charge in [0.05, 0.1) is 0 Å². The standard InChI is InChI=1S/C20H22F3NO/c21-20(22,23)25-19-6-1-3-15(13-19)11-12-24-14-16-7-9-18(10-8-16)17-4-2-5-17/h1,3,6-10,13,17,24H,2,4-5,11-12,14H2. The molecule has 2 nitrogen and oxygen atoms in total. The zero-order valence-electron chi connectivity index (χ0n) is 14.0. The molecular formula is C20H22F3NO. The van der Waals surface area contributed by atoms with Gasteiger partial charge in [0.25, 0.3) is 0 Å². The van der Waals surface area contributed by atoms with Gasteiger partial charge in [0.2, 0.25) is 0 Å². The summed E-state index contributed by atoms with van der Waals surface area (Å²) in [6.07, 6.45) is -0.0651. The first-order valence-electron chi connectivity index (χ1n) is 8.64. The summed E-state index contributed by atoms with van der Waals surface area (Å²) < 4.78 is 40.7. The fraction of sp³-hybridized carbons (Fsp3) is 0.400. The van der Waals surface area contributed by atoms with Crippen molar-refractivity contribution in [2.24, 2.45) is 0 Å². The summed E-state index contributed by atoms with van der Waals surface area (Å²) in [5.74, 6) is 0.574. The summed E-state index contributed by atoms with van der Waals surface area (Å²) in [6, 6.07) is 14.8. The first-order valence-corrected chi connectivity index (χ1v) is 8.64. The Morgan fingerprint density at radius 1 is 1.00 bits per heavy atom. The Kier molecular flexibility index (Phi) is 5.63. The molecule has 1 aliphatic carbocycles. The van der Waals surface area contributed by atoms with Gasteiger partial charge in [-0.25, -0.2) is 0 Å². The van der Waals surface area contributed by atoms with Gasteiger partial charge >= 0.3 is 6.36 Å². The number of ether oxygens (including phenoxy) is 1. The summed E-state index contributed by atoms with van der Waals surface area (Å²) in [4.78, 5) is 0. The molecule has 2 aromatic carbocycles. The maximum atomic E-state index is 12.2. The second kappa shape index (κ2) is 7.91. The first-order chi connectivity index (χ1) is 12.0. The minimum Gasteiger partial charge on any atom is -0.406 e. The highest BCUT2D eigenvalue weighted by atomic mass is 19.4. The van der Waals surface area contributed by atoms with Crippen LogP contribution in [0.5, 0.6) is 5.75 Å². The average molecular weight is 349 g/mol. The number of hydrogen-bond donors (Lipinski definition) is 1. The summed E-state index contributed by atoms with van der Waals surface area (Å²) in [5.41, 5.74) is 3.46. The summed E-state index contributed by atoms with van der Waals surface area (Å²) in [5, 5.41) is 3.33. The van der Waals surface area contributed by atoms with E-state index in [1.165, 1.54) is 42.5 Å². The van der Waals surface area contributed by atoms with Crippen molar-refractivity contribution in [2.45, 2.75) is 44.5 Å². The number of rotatable bonds is 7. The lowest BCUT2D eigenvalue weighted by Gasteiger charge is -2.25.